The highest BCUT2D eigenvalue weighted by Crippen LogP contribution is 2.26. The molecule has 2 aromatic heterocycles. The Morgan fingerprint density at radius 1 is 1.06 bits per heavy atom. The molecule has 0 unspecified atom stereocenters. The average Bonchev–Trinajstić information content (AvgIpc) is 3.24. The molecule has 2 aromatic carbocycles. The Bertz CT molecular complexity index is 1360. The number of hydrogen-bond donors (Lipinski definition) is 1. The van der Waals surface area contributed by atoms with Crippen molar-refractivity contribution >= 4 is 17.7 Å². The van der Waals surface area contributed by atoms with Crippen LogP contribution in [0.1, 0.15) is 22.3 Å². The van der Waals surface area contributed by atoms with Crippen molar-refractivity contribution in [3.63, 3.8) is 0 Å². The van der Waals surface area contributed by atoms with Gasteiger partial charge in [-0.25, -0.2) is 4.68 Å². The van der Waals surface area contributed by atoms with Crippen molar-refractivity contribution in [2.75, 3.05) is 5.32 Å². The van der Waals surface area contributed by atoms with Crippen LogP contribution in [-0.2, 0) is 4.79 Å². The number of carbonyl (C=O) groups excluding carboxylic acids is 1. The molecule has 0 saturated heterocycles. The minimum Gasteiger partial charge on any atom is -0.321 e. The van der Waals surface area contributed by atoms with E-state index < -0.39 is 5.91 Å². The second kappa shape index (κ2) is 9.33. The predicted molar refractivity (Wildman–Crippen MR) is 130 cm³/mol. The summed E-state index contributed by atoms with van der Waals surface area (Å²) in [7, 11) is 0. The molecule has 0 saturated carbocycles. The third kappa shape index (κ3) is 4.73. The van der Waals surface area contributed by atoms with Crippen LogP contribution in [0.4, 0.5) is 5.69 Å². The number of nitrogens with one attached hydrogen (secondary N) is 1. The van der Waals surface area contributed by atoms with Gasteiger partial charge < -0.3 is 5.32 Å². The lowest BCUT2D eigenvalue weighted by Crippen LogP contribution is -2.15. The molecule has 0 aliphatic carbocycles. The average molecular weight is 434 g/mol. The van der Waals surface area contributed by atoms with E-state index in [-0.39, 0.29) is 5.57 Å². The summed E-state index contributed by atoms with van der Waals surface area (Å²) in [6, 6.07) is 19.4. The van der Waals surface area contributed by atoms with Crippen LogP contribution < -0.4 is 5.32 Å². The van der Waals surface area contributed by atoms with E-state index in [1.807, 2.05) is 87.6 Å². The molecule has 0 aliphatic heterocycles. The van der Waals surface area contributed by atoms with Gasteiger partial charge in [0.1, 0.15) is 17.3 Å². The van der Waals surface area contributed by atoms with Gasteiger partial charge in [0.25, 0.3) is 5.91 Å². The summed E-state index contributed by atoms with van der Waals surface area (Å²) in [6.45, 7) is 5.89. The lowest BCUT2D eigenvalue weighted by Gasteiger charge is -2.12. The fourth-order valence-corrected chi connectivity index (χ4v) is 3.80. The van der Waals surface area contributed by atoms with E-state index in [0.29, 0.717) is 11.3 Å². The van der Waals surface area contributed by atoms with Crippen LogP contribution in [0, 0.1) is 32.1 Å². The number of aryl methyl sites for hydroxylation is 3. The number of hydrogen-bond acceptors (Lipinski definition) is 4. The number of rotatable bonds is 5. The normalized spacial score (nSPS) is 11.2. The summed E-state index contributed by atoms with van der Waals surface area (Å²) >= 11 is 0. The second-order valence-corrected chi connectivity index (χ2v) is 7.85. The molecule has 0 atom stereocenters. The Hall–Kier alpha value is -4.50. The van der Waals surface area contributed by atoms with Crippen LogP contribution in [-0.4, -0.2) is 20.7 Å². The molecule has 162 valence electrons. The first kappa shape index (κ1) is 21.7. The van der Waals surface area contributed by atoms with Crippen molar-refractivity contribution in [2.45, 2.75) is 20.8 Å². The van der Waals surface area contributed by atoms with Gasteiger partial charge in [0, 0.05) is 35.4 Å². The number of pyridine rings is 1. The standard InChI is InChI=1S/C27H23N5O/c1-18-12-19(2)25(20(3)13-18)30-27(33)22(15-28)14-23-17-32(24-9-5-4-6-10-24)31-26(23)21-8-7-11-29-16-21/h4-14,16-17H,1-3H3,(H,30,33)/b22-14+. The summed E-state index contributed by atoms with van der Waals surface area (Å²) in [4.78, 5) is 17.2. The van der Waals surface area contributed by atoms with Gasteiger partial charge in [0.05, 0.1) is 5.69 Å². The highest BCUT2D eigenvalue weighted by atomic mass is 16.1. The number of anilines is 1. The molecular formula is C27H23N5O. The predicted octanol–water partition coefficient (Wildman–Crippen LogP) is 5.41. The van der Waals surface area contributed by atoms with Crippen LogP contribution in [0.5, 0.6) is 0 Å². The highest BCUT2D eigenvalue weighted by molar-refractivity contribution is 6.10. The molecule has 0 radical (unpaired) electrons. The molecule has 0 fully saturated rings. The zero-order valence-electron chi connectivity index (χ0n) is 18.7. The van der Waals surface area contributed by atoms with E-state index in [0.717, 1.165) is 33.6 Å². The lowest BCUT2D eigenvalue weighted by atomic mass is 10.0. The van der Waals surface area contributed by atoms with Gasteiger partial charge in [-0.05, 0) is 62.2 Å². The topological polar surface area (TPSA) is 83.6 Å². The zero-order chi connectivity index (χ0) is 23.4. The van der Waals surface area contributed by atoms with E-state index >= 15 is 0 Å². The summed E-state index contributed by atoms with van der Waals surface area (Å²) in [5.41, 5.74) is 6.68. The maximum Gasteiger partial charge on any atom is 0.266 e. The van der Waals surface area contributed by atoms with Gasteiger partial charge in [-0.1, -0.05) is 35.9 Å². The van der Waals surface area contributed by atoms with Crippen LogP contribution >= 0.6 is 0 Å². The summed E-state index contributed by atoms with van der Waals surface area (Å²) in [5.74, 6) is -0.461. The van der Waals surface area contributed by atoms with Gasteiger partial charge in [-0.15, -0.1) is 0 Å². The Morgan fingerprint density at radius 3 is 2.42 bits per heavy atom. The summed E-state index contributed by atoms with van der Waals surface area (Å²) in [6.07, 6.45) is 6.78. The molecule has 4 aromatic rings. The Labute approximate surface area is 192 Å². The van der Waals surface area contributed by atoms with E-state index in [9.17, 15) is 10.1 Å². The first-order valence-corrected chi connectivity index (χ1v) is 10.5. The van der Waals surface area contributed by atoms with Crippen molar-refractivity contribution in [1.82, 2.24) is 14.8 Å². The Morgan fingerprint density at radius 2 is 1.79 bits per heavy atom. The molecule has 2 heterocycles. The molecule has 0 spiro atoms. The zero-order valence-corrected chi connectivity index (χ0v) is 18.7. The van der Waals surface area contributed by atoms with E-state index in [1.54, 1.807) is 23.2 Å². The quantitative estimate of drug-likeness (QED) is 0.337. The number of aromatic nitrogens is 3. The third-order valence-corrected chi connectivity index (χ3v) is 5.28. The lowest BCUT2D eigenvalue weighted by molar-refractivity contribution is -0.112. The van der Waals surface area contributed by atoms with Crippen molar-refractivity contribution in [3.8, 4) is 23.0 Å². The number of para-hydroxylation sites is 1. The smallest absolute Gasteiger partial charge is 0.266 e. The number of nitrogens with zero attached hydrogens (tertiary/aromatic N) is 4. The monoisotopic (exact) mass is 433 g/mol. The van der Waals surface area contributed by atoms with Crippen molar-refractivity contribution in [3.05, 3.63) is 101 Å². The summed E-state index contributed by atoms with van der Waals surface area (Å²) < 4.78 is 1.73. The van der Waals surface area contributed by atoms with Crippen LogP contribution in [0.3, 0.4) is 0 Å². The number of nitriles is 1. The molecule has 33 heavy (non-hydrogen) atoms. The molecule has 4 rings (SSSR count). The van der Waals surface area contributed by atoms with Crippen LogP contribution in [0.2, 0.25) is 0 Å². The van der Waals surface area contributed by atoms with Crippen LogP contribution in [0.25, 0.3) is 23.0 Å². The van der Waals surface area contributed by atoms with E-state index in [4.69, 9.17) is 5.10 Å². The van der Waals surface area contributed by atoms with E-state index in [1.165, 1.54) is 0 Å². The largest absolute Gasteiger partial charge is 0.321 e. The SMILES string of the molecule is Cc1cc(C)c(NC(=O)/C(C#N)=C/c2cn(-c3ccccc3)nc2-c2cccnc2)c(C)c1. The molecule has 6 nitrogen and oxygen atoms in total. The number of benzene rings is 2. The van der Waals surface area contributed by atoms with Crippen LogP contribution in [0.15, 0.2) is 78.8 Å². The highest BCUT2D eigenvalue weighted by Gasteiger charge is 2.17. The number of carbonyl (C=O) groups is 1. The molecule has 0 aliphatic rings. The molecule has 6 heteroatoms. The van der Waals surface area contributed by atoms with Gasteiger partial charge in [-0.2, -0.15) is 10.4 Å². The van der Waals surface area contributed by atoms with Crippen molar-refractivity contribution in [2.24, 2.45) is 0 Å². The van der Waals surface area contributed by atoms with Gasteiger partial charge >= 0.3 is 0 Å². The Balaban J connectivity index is 1.75. The molecule has 1 N–H and O–H groups in total. The second-order valence-electron chi connectivity index (χ2n) is 7.85. The fraction of sp³-hybridized carbons (Fsp3) is 0.111. The fourth-order valence-electron chi connectivity index (χ4n) is 3.80. The molecular weight excluding hydrogens is 410 g/mol. The van der Waals surface area contributed by atoms with E-state index in [2.05, 4.69) is 10.3 Å². The maximum absolute atomic E-state index is 13.0. The first-order chi connectivity index (χ1) is 16.0. The van der Waals surface area contributed by atoms with Crippen molar-refractivity contribution in [1.29, 1.82) is 5.26 Å². The van der Waals surface area contributed by atoms with Gasteiger partial charge in [-0.3, -0.25) is 9.78 Å². The minimum atomic E-state index is -0.461. The minimum absolute atomic E-state index is 0.00729. The molecule has 0 bridgehead atoms. The van der Waals surface area contributed by atoms with Gasteiger partial charge in [0.2, 0.25) is 0 Å². The first-order valence-electron chi connectivity index (χ1n) is 10.5. The Kier molecular flexibility index (Phi) is 6.14. The molecule has 1 amide bonds. The third-order valence-electron chi connectivity index (χ3n) is 5.28. The van der Waals surface area contributed by atoms with Crippen molar-refractivity contribution < 1.29 is 4.79 Å². The van der Waals surface area contributed by atoms with Gasteiger partial charge in [0.15, 0.2) is 0 Å². The maximum atomic E-state index is 13.0. The summed E-state index contributed by atoms with van der Waals surface area (Å²) in [5, 5.41) is 17.4. The number of amides is 1.